The van der Waals surface area contributed by atoms with Crippen LogP contribution in [0.25, 0.3) is 11.4 Å². The minimum absolute atomic E-state index is 0.0226. The molecule has 2 amide bonds. The lowest BCUT2D eigenvalue weighted by atomic mass is 10.0. The van der Waals surface area contributed by atoms with Crippen molar-refractivity contribution in [2.24, 2.45) is 7.05 Å². The maximum atomic E-state index is 15.7. The molecule has 14 heteroatoms. The third kappa shape index (κ3) is 7.13. The number of benzene rings is 2. The lowest BCUT2D eigenvalue weighted by molar-refractivity contribution is -0.138. The molecular weight excluding hydrogens is 640 g/mol. The monoisotopic (exact) mass is 674 g/mol. The number of nitrogens with one attached hydrogen (secondary N) is 2. The van der Waals surface area contributed by atoms with Crippen LogP contribution >= 0.6 is 0 Å². The number of carbonyl (C=O) groups excluding carboxylic acids is 2. The third-order valence-corrected chi connectivity index (χ3v) is 8.85. The Morgan fingerprint density at radius 2 is 1.80 bits per heavy atom. The number of rotatable bonds is 6. The first-order chi connectivity index (χ1) is 23.4. The predicted octanol–water partition coefficient (Wildman–Crippen LogP) is 4.30. The predicted molar refractivity (Wildman–Crippen MR) is 176 cm³/mol. The molecule has 4 aromatic rings. The van der Waals surface area contributed by atoms with Gasteiger partial charge in [0.2, 0.25) is 5.95 Å². The average Bonchev–Trinajstić information content (AvgIpc) is 3.42. The molecule has 0 atom stereocenters. The molecule has 10 nitrogen and oxygen atoms in total. The van der Waals surface area contributed by atoms with E-state index in [1.165, 1.54) is 36.5 Å². The number of aromatic nitrogens is 3. The number of hydrogen-bond acceptors (Lipinski definition) is 7. The number of alkyl halides is 3. The molecule has 1 saturated heterocycles. The summed E-state index contributed by atoms with van der Waals surface area (Å²) in [6.07, 6.45) is -2.65. The van der Waals surface area contributed by atoms with Gasteiger partial charge in [0.15, 0.2) is 5.82 Å². The number of nitrogens with zero attached hydrogens (tertiary/aromatic N) is 5. The second-order valence-electron chi connectivity index (χ2n) is 11.9. The molecule has 254 valence electrons. The number of hydrogen-bond donors (Lipinski definition) is 3. The van der Waals surface area contributed by atoms with Gasteiger partial charge >= 0.3 is 6.18 Å². The Labute approximate surface area is 280 Å². The molecular formula is C35H34F4N8O2. The van der Waals surface area contributed by atoms with Crippen molar-refractivity contribution >= 4 is 23.5 Å². The van der Waals surface area contributed by atoms with Crippen molar-refractivity contribution in [3.05, 3.63) is 93.6 Å². The van der Waals surface area contributed by atoms with Crippen LogP contribution in [0.5, 0.6) is 0 Å². The molecule has 2 aliphatic rings. The van der Waals surface area contributed by atoms with Gasteiger partial charge in [-0.2, -0.15) is 13.2 Å². The van der Waals surface area contributed by atoms with Crippen LogP contribution in [0.15, 0.2) is 48.7 Å². The Morgan fingerprint density at radius 1 is 1.06 bits per heavy atom. The van der Waals surface area contributed by atoms with Gasteiger partial charge in [-0.15, -0.1) is 0 Å². The van der Waals surface area contributed by atoms with E-state index in [9.17, 15) is 22.8 Å². The fraction of sp³-hybridized carbons (Fsp3) is 0.314. The standard InChI is InChI=1S/C35H34F4N8O2/c1-3-46-13-15-47(16-14-46)20-23-9-10-24(17-27(23)35(37,38)39)43-33(49)25-6-4-5-21(30(25)36)7-8-22-19-42-34(40)44-31(22)29-18-26-28(45(29)2)11-12-41-32(26)48/h4-6,9-10,17-19H,3,11-16,20H2,1-2H3,(H,41,48)(H,43,49)(H2,40,42,44). The summed E-state index contributed by atoms with van der Waals surface area (Å²) in [6.45, 7) is 6.43. The van der Waals surface area contributed by atoms with Crippen molar-refractivity contribution in [2.45, 2.75) is 26.1 Å². The van der Waals surface area contributed by atoms with E-state index >= 15 is 4.39 Å². The molecule has 0 unspecified atom stereocenters. The number of carbonyl (C=O) groups is 2. The molecule has 0 saturated carbocycles. The Kier molecular flexibility index (Phi) is 9.40. The highest BCUT2D eigenvalue weighted by Gasteiger charge is 2.34. The van der Waals surface area contributed by atoms with Crippen LogP contribution in [-0.2, 0) is 26.2 Å². The molecule has 2 aromatic heterocycles. The quantitative estimate of drug-likeness (QED) is 0.206. The fourth-order valence-electron chi connectivity index (χ4n) is 6.14. The highest BCUT2D eigenvalue weighted by atomic mass is 19.4. The zero-order valence-electron chi connectivity index (χ0n) is 26.9. The first-order valence-electron chi connectivity index (χ1n) is 15.8. The second-order valence-corrected chi connectivity index (χ2v) is 11.9. The molecule has 4 heterocycles. The van der Waals surface area contributed by atoms with Gasteiger partial charge < -0.3 is 25.8 Å². The zero-order chi connectivity index (χ0) is 34.9. The molecule has 6 rings (SSSR count). The Balaban J connectivity index is 1.24. The van der Waals surface area contributed by atoms with Gasteiger partial charge in [0.05, 0.1) is 33.5 Å². The first kappa shape index (κ1) is 33.6. The number of piperazine rings is 1. The number of halogens is 4. The van der Waals surface area contributed by atoms with E-state index in [1.54, 1.807) is 13.1 Å². The van der Waals surface area contributed by atoms with Crippen molar-refractivity contribution in [1.82, 2.24) is 29.7 Å². The van der Waals surface area contributed by atoms with Crippen LogP contribution in [0.3, 0.4) is 0 Å². The van der Waals surface area contributed by atoms with Gasteiger partial charge in [0.1, 0.15) is 5.69 Å². The van der Waals surface area contributed by atoms with E-state index in [0.29, 0.717) is 48.6 Å². The third-order valence-electron chi connectivity index (χ3n) is 8.85. The van der Waals surface area contributed by atoms with Gasteiger partial charge in [0, 0.05) is 70.3 Å². The number of nitrogens with two attached hydrogens (primary N) is 1. The first-order valence-corrected chi connectivity index (χ1v) is 15.8. The second kappa shape index (κ2) is 13.7. The van der Waals surface area contributed by atoms with Crippen molar-refractivity contribution in [3.8, 4) is 23.2 Å². The van der Waals surface area contributed by atoms with Crippen LogP contribution in [0.2, 0.25) is 0 Å². The van der Waals surface area contributed by atoms with E-state index in [4.69, 9.17) is 5.73 Å². The summed E-state index contributed by atoms with van der Waals surface area (Å²) < 4.78 is 59.8. The lowest BCUT2D eigenvalue weighted by Crippen LogP contribution is -2.45. The number of fused-ring (bicyclic) bond motifs is 1. The summed E-state index contributed by atoms with van der Waals surface area (Å²) in [6, 6.07) is 9.33. The lowest BCUT2D eigenvalue weighted by Gasteiger charge is -2.34. The van der Waals surface area contributed by atoms with Crippen molar-refractivity contribution in [3.63, 3.8) is 0 Å². The maximum absolute atomic E-state index is 15.7. The minimum atomic E-state index is -4.65. The topological polar surface area (TPSA) is 121 Å². The maximum Gasteiger partial charge on any atom is 0.416 e. The molecule has 0 spiro atoms. The summed E-state index contributed by atoms with van der Waals surface area (Å²) in [5, 5.41) is 5.21. The van der Waals surface area contributed by atoms with Gasteiger partial charge in [-0.05, 0) is 42.4 Å². The van der Waals surface area contributed by atoms with Gasteiger partial charge in [-0.25, -0.2) is 14.4 Å². The molecule has 2 aliphatic heterocycles. The van der Waals surface area contributed by atoms with Crippen LogP contribution in [0, 0.1) is 17.7 Å². The molecule has 4 N–H and O–H groups in total. The molecule has 49 heavy (non-hydrogen) atoms. The van der Waals surface area contributed by atoms with Crippen molar-refractivity contribution in [1.29, 1.82) is 0 Å². The number of amides is 2. The molecule has 0 radical (unpaired) electrons. The highest BCUT2D eigenvalue weighted by molar-refractivity contribution is 6.04. The fourth-order valence-corrected chi connectivity index (χ4v) is 6.14. The van der Waals surface area contributed by atoms with E-state index in [-0.39, 0.29) is 35.2 Å². The van der Waals surface area contributed by atoms with E-state index < -0.39 is 29.0 Å². The summed E-state index contributed by atoms with van der Waals surface area (Å²) >= 11 is 0. The number of anilines is 2. The summed E-state index contributed by atoms with van der Waals surface area (Å²) in [5.74, 6) is 3.46. The summed E-state index contributed by atoms with van der Waals surface area (Å²) in [4.78, 5) is 38.1. The van der Waals surface area contributed by atoms with Crippen LogP contribution in [0.4, 0.5) is 29.2 Å². The van der Waals surface area contributed by atoms with E-state index in [0.717, 1.165) is 31.4 Å². The number of nitrogen functional groups attached to an aromatic ring is 1. The van der Waals surface area contributed by atoms with E-state index in [2.05, 4.69) is 37.3 Å². The minimum Gasteiger partial charge on any atom is -0.368 e. The van der Waals surface area contributed by atoms with Crippen molar-refractivity contribution < 1.29 is 27.2 Å². The van der Waals surface area contributed by atoms with Crippen LogP contribution in [-0.4, -0.2) is 75.4 Å². The van der Waals surface area contributed by atoms with Gasteiger partial charge in [-0.3, -0.25) is 14.5 Å². The Bertz CT molecular complexity index is 1990. The largest absolute Gasteiger partial charge is 0.416 e. The Morgan fingerprint density at radius 3 is 2.51 bits per heavy atom. The van der Waals surface area contributed by atoms with E-state index in [1.807, 2.05) is 16.4 Å². The normalized spacial score (nSPS) is 15.3. The van der Waals surface area contributed by atoms with Crippen LogP contribution < -0.4 is 16.4 Å². The zero-order valence-corrected chi connectivity index (χ0v) is 26.9. The summed E-state index contributed by atoms with van der Waals surface area (Å²) in [7, 11) is 1.80. The number of likely N-dealkylation sites (N-methyl/N-ethyl adjacent to an activating group) is 1. The molecule has 0 bridgehead atoms. The van der Waals surface area contributed by atoms with Gasteiger partial charge in [0.25, 0.3) is 11.8 Å². The highest BCUT2D eigenvalue weighted by Crippen LogP contribution is 2.35. The average molecular weight is 675 g/mol. The smallest absolute Gasteiger partial charge is 0.368 e. The molecule has 2 aromatic carbocycles. The SMILES string of the molecule is CCN1CCN(Cc2ccc(NC(=O)c3cccc(C#Cc4cnc(N)nc4-c4cc5c(n4C)CCNC5=O)c3F)cc2C(F)(F)F)CC1. The Hall–Kier alpha value is -5.26. The molecule has 0 aliphatic carbocycles. The van der Waals surface area contributed by atoms with Crippen molar-refractivity contribution in [2.75, 3.05) is 50.3 Å². The summed E-state index contributed by atoms with van der Waals surface area (Å²) in [5.41, 5.74) is 7.01. The van der Waals surface area contributed by atoms with Crippen LogP contribution in [0.1, 0.15) is 55.6 Å². The molecule has 1 fully saturated rings. The van der Waals surface area contributed by atoms with Gasteiger partial charge in [-0.1, -0.05) is 30.9 Å².